The molecule has 0 spiro atoms. The van der Waals surface area contributed by atoms with Crippen LogP contribution in [0.3, 0.4) is 0 Å². The molecule has 2 rings (SSSR count). The van der Waals surface area contributed by atoms with Crippen molar-refractivity contribution in [3.8, 4) is 0 Å². The number of nitrogens with zero attached hydrogens (tertiary/aromatic N) is 4. The molecule has 0 bridgehead atoms. The fourth-order valence-corrected chi connectivity index (χ4v) is 3.79. The van der Waals surface area contributed by atoms with Crippen molar-refractivity contribution in [1.82, 2.24) is 15.1 Å². The molecule has 162 valence electrons. The van der Waals surface area contributed by atoms with E-state index >= 15 is 0 Å². The van der Waals surface area contributed by atoms with Crippen molar-refractivity contribution >= 4 is 51.9 Å². The van der Waals surface area contributed by atoms with Crippen LogP contribution in [-0.4, -0.2) is 64.5 Å². The second-order valence-electron chi connectivity index (χ2n) is 6.52. The van der Waals surface area contributed by atoms with Crippen molar-refractivity contribution in [2.45, 2.75) is 50.6 Å². The van der Waals surface area contributed by atoms with Crippen LogP contribution >= 0.6 is 34.5 Å². The van der Waals surface area contributed by atoms with Crippen LogP contribution < -0.4 is 4.90 Å². The number of hydrogen-bond donors (Lipinski definition) is 0. The summed E-state index contributed by atoms with van der Waals surface area (Å²) in [4.78, 5) is 28.1. The van der Waals surface area contributed by atoms with Crippen LogP contribution in [0, 0.1) is 0 Å². The predicted molar refractivity (Wildman–Crippen MR) is 114 cm³/mol. The number of carbonyl (C=O) groups is 2. The number of amides is 2. The van der Waals surface area contributed by atoms with Crippen LogP contribution in [0.25, 0.3) is 0 Å². The molecule has 1 aromatic heterocycles. The first-order chi connectivity index (χ1) is 14.0. The van der Waals surface area contributed by atoms with E-state index in [4.69, 9.17) is 32.7 Å². The van der Waals surface area contributed by atoms with E-state index in [-0.39, 0.29) is 18.0 Å². The van der Waals surface area contributed by atoms with Crippen LogP contribution in [0.5, 0.6) is 0 Å². The number of rotatable bonds is 11. The number of alkyl halides is 2. The third kappa shape index (κ3) is 7.31. The van der Waals surface area contributed by atoms with E-state index in [0.29, 0.717) is 49.8 Å². The smallest absolute Gasteiger partial charge is 0.434 e. The first-order valence-electron chi connectivity index (χ1n) is 9.51. The fraction of sp³-hybridized carbons (Fsp3) is 0.667. The molecule has 0 aromatic carbocycles. The highest BCUT2D eigenvalue weighted by atomic mass is 35.5. The van der Waals surface area contributed by atoms with Crippen LogP contribution in [0.4, 0.5) is 14.7 Å². The topological polar surface area (TPSA) is 84.9 Å². The van der Waals surface area contributed by atoms with E-state index in [0.717, 1.165) is 11.4 Å². The summed E-state index contributed by atoms with van der Waals surface area (Å²) in [5, 5.41) is 9.47. The van der Waals surface area contributed by atoms with Crippen LogP contribution in [-0.2, 0) is 15.9 Å². The molecule has 0 radical (unpaired) electrons. The normalized spacial score (nSPS) is 17.9. The maximum absolute atomic E-state index is 13.0. The Balaban J connectivity index is 2.13. The zero-order valence-corrected chi connectivity index (χ0v) is 18.7. The summed E-state index contributed by atoms with van der Waals surface area (Å²) in [7, 11) is 0. The third-order valence-electron chi connectivity index (χ3n) is 4.16. The predicted octanol–water partition coefficient (Wildman–Crippen LogP) is 4.41. The molecule has 0 saturated carbocycles. The Kier molecular flexibility index (Phi) is 9.96. The number of hydrogen-bond acceptors (Lipinski definition) is 7. The Morgan fingerprint density at radius 2 is 2.28 bits per heavy atom. The summed E-state index contributed by atoms with van der Waals surface area (Å²) in [6.07, 6.45) is 3.04. The van der Waals surface area contributed by atoms with Crippen LogP contribution in [0.2, 0.25) is 0 Å². The van der Waals surface area contributed by atoms with Crippen molar-refractivity contribution in [3.63, 3.8) is 0 Å². The Morgan fingerprint density at radius 1 is 1.48 bits per heavy atom. The summed E-state index contributed by atoms with van der Waals surface area (Å²) in [5.74, 6) is 0.457. The van der Waals surface area contributed by atoms with Gasteiger partial charge in [-0.25, -0.2) is 14.5 Å². The van der Waals surface area contributed by atoms with Gasteiger partial charge in [0.05, 0.1) is 6.61 Å². The van der Waals surface area contributed by atoms with Gasteiger partial charge in [-0.15, -0.1) is 40.0 Å². The summed E-state index contributed by atoms with van der Waals surface area (Å²) in [6.45, 7) is 6.63. The molecule has 1 aromatic rings. The number of carbonyl (C=O) groups excluding carboxylic acids is 2. The van der Waals surface area contributed by atoms with E-state index in [9.17, 15) is 9.59 Å². The molecule has 0 N–H and O–H groups in total. The van der Waals surface area contributed by atoms with Gasteiger partial charge < -0.3 is 14.4 Å². The van der Waals surface area contributed by atoms with Gasteiger partial charge in [0, 0.05) is 37.2 Å². The first kappa shape index (κ1) is 23.7. The monoisotopic (exact) mass is 464 g/mol. The highest BCUT2D eigenvalue weighted by Gasteiger charge is 2.38. The number of halogens is 2. The zero-order chi connectivity index (χ0) is 21.2. The van der Waals surface area contributed by atoms with Crippen molar-refractivity contribution in [1.29, 1.82) is 0 Å². The van der Waals surface area contributed by atoms with Gasteiger partial charge in [0.1, 0.15) is 5.01 Å². The second-order valence-corrected chi connectivity index (χ2v) is 8.68. The molecule has 2 heterocycles. The molecule has 2 unspecified atom stereocenters. The molecule has 1 fully saturated rings. The van der Waals surface area contributed by atoms with Gasteiger partial charge in [-0.3, -0.25) is 0 Å². The molecule has 0 aliphatic carbocycles. The number of anilines is 1. The van der Waals surface area contributed by atoms with E-state index in [1.807, 2.05) is 6.92 Å². The van der Waals surface area contributed by atoms with Gasteiger partial charge in [-0.2, -0.15) is 0 Å². The van der Waals surface area contributed by atoms with E-state index in [1.165, 1.54) is 16.2 Å². The van der Waals surface area contributed by atoms with Gasteiger partial charge in [0.25, 0.3) is 0 Å². The maximum atomic E-state index is 13.0. The zero-order valence-electron chi connectivity index (χ0n) is 16.4. The quantitative estimate of drug-likeness (QED) is 0.208. The van der Waals surface area contributed by atoms with Gasteiger partial charge in [0.15, 0.2) is 6.23 Å². The highest BCUT2D eigenvalue weighted by molar-refractivity contribution is 7.15. The number of ether oxygens (including phenoxy) is 2. The summed E-state index contributed by atoms with van der Waals surface area (Å²) >= 11 is 13.1. The lowest BCUT2D eigenvalue weighted by atomic mass is 10.2. The standard InChI is InChI=1S/C18H26Cl2N4O4S/c1-3-4-12-27-18(26)28-15-8-11-23(10-5-9-19)17(25)24(15)16-22-21-14(29-16)7-6-13(2)20/h3,13,15H,1,4-12H2,2H3. The van der Waals surface area contributed by atoms with Crippen molar-refractivity contribution < 1.29 is 19.1 Å². The highest BCUT2D eigenvalue weighted by Crippen LogP contribution is 2.29. The van der Waals surface area contributed by atoms with Crippen LogP contribution in [0.15, 0.2) is 12.7 Å². The molecule has 1 aliphatic rings. The molecule has 8 nitrogen and oxygen atoms in total. The summed E-state index contributed by atoms with van der Waals surface area (Å²) in [6, 6.07) is -0.293. The lowest BCUT2D eigenvalue weighted by Crippen LogP contribution is -2.56. The van der Waals surface area contributed by atoms with Gasteiger partial charge >= 0.3 is 12.2 Å². The van der Waals surface area contributed by atoms with Crippen LogP contribution in [0.1, 0.15) is 37.6 Å². The molecule has 1 saturated heterocycles. The molecule has 2 amide bonds. The molecular weight excluding hydrogens is 439 g/mol. The molecule has 11 heteroatoms. The minimum atomic E-state index is -0.829. The van der Waals surface area contributed by atoms with Gasteiger partial charge in [0.2, 0.25) is 5.13 Å². The molecule has 2 atom stereocenters. The largest absolute Gasteiger partial charge is 0.510 e. The molecule has 29 heavy (non-hydrogen) atoms. The Morgan fingerprint density at radius 3 is 2.97 bits per heavy atom. The average Bonchev–Trinajstić information content (AvgIpc) is 3.14. The number of aryl methyl sites for hydroxylation is 1. The minimum Gasteiger partial charge on any atom is -0.434 e. The van der Waals surface area contributed by atoms with Crippen molar-refractivity contribution in [2.24, 2.45) is 0 Å². The number of urea groups is 1. The Labute approximate surface area is 184 Å². The van der Waals surface area contributed by atoms with Gasteiger partial charge in [-0.1, -0.05) is 17.4 Å². The second kappa shape index (κ2) is 12.2. The molecular formula is C18H26Cl2N4O4S. The maximum Gasteiger partial charge on any atom is 0.510 e. The number of aromatic nitrogens is 2. The average molecular weight is 465 g/mol. The molecule has 1 aliphatic heterocycles. The Bertz CT molecular complexity index is 689. The van der Waals surface area contributed by atoms with Crippen molar-refractivity contribution in [2.75, 3.05) is 30.5 Å². The first-order valence-corrected chi connectivity index (χ1v) is 11.3. The third-order valence-corrected chi connectivity index (χ3v) is 5.63. The van der Waals surface area contributed by atoms with Crippen molar-refractivity contribution in [3.05, 3.63) is 17.7 Å². The lowest BCUT2D eigenvalue weighted by molar-refractivity contribution is 0.0134. The van der Waals surface area contributed by atoms with E-state index in [2.05, 4.69) is 16.8 Å². The fourth-order valence-electron chi connectivity index (χ4n) is 2.68. The summed E-state index contributed by atoms with van der Waals surface area (Å²) in [5.41, 5.74) is 0. The van der Waals surface area contributed by atoms with Gasteiger partial charge in [-0.05, 0) is 26.2 Å². The van der Waals surface area contributed by atoms with E-state index < -0.39 is 12.4 Å². The SMILES string of the molecule is C=CCCOC(=O)OC1CCN(CCCCl)C(=O)N1c1nnc(CCC(C)Cl)s1. The minimum absolute atomic E-state index is 0.0198. The summed E-state index contributed by atoms with van der Waals surface area (Å²) < 4.78 is 10.4. The van der Waals surface area contributed by atoms with E-state index in [1.54, 1.807) is 11.0 Å². The lowest BCUT2D eigenvalue weighted by Gasteiger charge is -2.38. The Hall–Kier alpha value is -1.58.